The van der Waals surface area contributed by atoms with Crippen LogP contribution in [0.5, 0.6) is 0 Å². The molecule has 0 aliphatic rings. The first-order chi connectivity index (χ1) is 8.10. The Kier molecular flexibility index (Phi) is 5.55. The van der Waals surface area contributed by atoms with Gasteiger partial charge in [0.15, 0.2) is 5.16 Å². The fourth-order valence-electron chi connectivity index (χ4n) is 1.62. The lowest BCUT2D eigenvalue weighted by Gasteiger charge is -2.24. The lowest BCUT2D eigenvalue weighted by Crippen LogP contribution is -2.28. The Hall–Kier alpha value is -0.970. The summed E-state index contributed by atoms with van der Waals surface area (Å²) in [5.41, 5.74) is 0. The molecule has 4 nitrogen and oxygen atoms in total. The van der Waals surface area contributed by atoms with Crippen molar-refractivity contribution in [2.75, 3.05) is 36.6 Å². The number of hydrogen-bond acceptors (Lipinski definition) is 5. The third-order valence-corrected chi connectivity index (χ3v) is 2.97. The highest BCUT2D eigenvalue weighted by Gasteiger charge is 2.11. The molecule has 5 heteroatoms. The zero-order valence-electron chi connectivity index (χ0n) is 11.3. The number of rotatable bonds is 6. The highest BCUT2D eigenvalue weighted by molar-refractivity contribution is 7.98. The minimum Gasteiger partial charge on any atom is -0.373 e. The number of nitrogens with one attached hydrogen (secondary N) is 1. The molecule has 0 aliphatic heterocycles. The molecule has 0 radical (unpaired) electrons. The third-order valence-electron chi connectivity index (χ3n) is 2.42. The molecule has 0 saturated heterocycles. The van der Waals surface area contributed by atoms with Crippen molar-refractivity contribution in [1.82, 2.24) is 9.97 Å². The molecule has 1 rings (SSSR count). The van der Waals surface area contributed by atoms with Gasteiger partial charge in [0.25, 0.3) is 0 Å². The Morgan fingerprint density at radius 3 is 2.59 bits per heavy atom. The van der Waals surface area contributed by atoms with E-state index < -0.39 is 0 Å². The first-order valence-corrected chi connectivity index (χ1v) is 7.19. The van der Waals surface area contributed by atoms with E-state index in [4.69, 9.17) is 0 Å². The van der Waals surface area contributed by atoms with Crippen LogP contribution in [0.3, 0.4) is 0 Å². The quantitative estimate of drug-likeness (QED) is 0.624. The molecule has 0 bridgehead atoms. The van der Waals surface area contributed by atoms with E-state index in [1.54, 1.807) is 11.8 Å². The van der Waals surface area contributed by atoms with Gasteiger partial charge in [-0.05, 0) is 19.1 Å². The number of hydrogen-bond donors (Lipinski definition) is 1. The molecule has 0 spiro atoms. The maximum Gasteiger partial charge on any atom is 0.191 e. The molecule has 17 heavy (non-hydrogen) atoms. The van der Waals surface area contributed by atoms with E-state index in [0.717, 1.165) is 29.9 Å². The topological polar surface area (TPSA) is 41.0 Å². The van der Waals surface area contributed by atoms with Gasteiger partial charge < -0.3 is 10.2 Å². The Morgan fingerprint density at radius 1 is 1.41 bits per heavy atom. The zero-order chi connectivity index (χ0) is 12.8. The maximum absolute atomic E-state index is 4.56. The highest BCUT2D eigenvalue weighted by Crippen LogP contribution is 2.20. The van der Waals surface area contributed by atoms with Crippen LogP contribution >= 0.6 is 11.8 Å². The SMILES string of the molecule is CCN(CC(C)C)c1cc(NC)nc(SC)n1. The molecule has 0 saturated carbocycles. The normalized spacial score (nSPS) is 10.7. The predicted molar refractivity (Wildman–Crippen MR) is 76.1 cm³/mol. The lowest BCUT2D eigenvalue weighted by molar-refractivity contribution is 0.612. The molecule has 1 aromatic heterocycles. The van der Waals surface area contributed by atoms with E-state index in [1.807, 2.05) is 19.4 Å². The van der Waals surface area contributed by atoms with E-state index >= 15 is 0 Å². The first kappa shape index (κ1) is 14.1. The molecule has 1 heterocycles. The smallest absolute Gasteiger partial charge is 0.191 e. The van der Waals surface area contributed by atoms with Gasteiger partial charge in [-0.25, -0.2) is 9.97 Å². The van der Waals surface area contributed by atoms with E-state index in [2.05, 4.69) is 41.0 Å². The standard InChI is InChI=1S/C12H22N4S/c1-6-16(8-9(2)3)11-7-10(13-4)14-12(15-11)17-5/h7,9H,6,8H2,1-5H3,(H,13,14,15). The largest absolute Gasteiger partial charge is 0.373 e. The van der Waals surface area contributed by atoms with Gasteiger partial charge in [0.05, 0.1) is 0 Å². The summed E-state index contributed by atoms with van der Waals surface area (Å²) < 4.78 is 0. The van der Waals surface area contributed by atoms with Gasteiger partial charge in [0.2, 0.25) is 0 Å². The fraction of sp³-hybridized carbons (Fsp3) is 0.667. The minimum atomic E-state index is 0.626. The van der Waals surface area contributed by atoms with E-state index in [0.29, 0.717) is 5.92 Å². The van der Waals surface area contributed by atoms with E-state index in [1.165, 1.54) is 0 Å². The monoisotopic (exact) mass is 254 g/mol. The van der Waals surface area contributed by atoms with Crippen molar-refractivity contribution in [1.29, 1.82) is 0 Å². The summed E-state index contributed by atoms with van der Waals surface area (Å²) in [5, 5.41) is 3.90. The van der Waals surface area contributed by atoms with Gasteiger partial charge in [-0.1, -0.05) is 25.6 Å². The van der Waals surface area contributed by atoms with Crippen molar-refractivity contribution in [3.63, 3.8) is 0 Å². The average Bonchev–Trinajstić information content (AvgIpc) is 2.34. The van der Waals surface area contributed by atoms with Crippen LogP contribution in [-0.2, 0) is 0 Å². The van der Waals surface area contributed by atoms with Gasteiger partial charge >= 0.3 is 0 Å². The van der Waals surface area contributed by atoms with Crippen LogP contribution in [0.15, 0.2) is 11.2 Å². The minimum absolute atomic E-state index is 0.626. The Balaban J connectivity index is 3.00. The summed E-state index contributed by atoms with van der Waals surface area (Å²) in [6.07, 6.45) is 2.00. The lowest BCUT2D eigenvalue weighted by atomic mass is 10.2. The Morgan fingerprint density at radius 2 is 2.12 bits per heavy atom. The van der Waals surface area contributed by atoms with Crippen molar-refractivity contribution < 1.29 is 0 Å². The molecule has 0 fully saturated rings. The fourth-order valence-corrected chi connectivity index (χ4v) is 1.99. The van der Waals surface area contributed by atoms with Gasteiger partial charge in [-0.2, -0.15) is 0 Å². The highest BCUT2D eigenvalue weighted by atomic mass is 32.2. The Labute approximate surface area is 108 Å². The van der Waals surface area contributed by atoms with Crippen molar-refractivity contribution in [3.8, 4) is 0 Å². The number of anilines is 2. The second kappa shape index (κ2) is 6.69. The molecule has 1 aromatic rings. The van der Waals surface area contributed by atoms with E-state index in [-0.39, 0.29) is 0 Å². The summed E-state index contributed by atoms with van der Waals surface area (Å²) in [5.74, 6) is 2.51. The third kappa shape index (κ3) is 4.07. The second-order valence-corrected chi connectivity index (χ2v) is 5.05. The molecular weight excluding hydrogens is 232 g/mol. The molecule has 0 amide bonds. The van der Waals surface area contributed by atoms with Crippen LogP contribution in [0.2, 0.25) is 0 Å². The summed E-state index contributed by atoms with van der Waals surface area (Å²) in [4.78, 5) is 11.2. The molecule has 0 aromatic carbocycles. The van der Waals surface area contributed by atoms with Gasteiger partial charge in [0, 0.05) is 26.2 Å². The summed E-state index contributed by atoms with van der Waals surface area (Å²) in [6.45, 7) is 8.58. The predicted octanol–water partition coefficient (Wildman–Crippen LogP) is 2.72. The maximum atomic E-state index is 4.56. The van der Waals surface area contributed by atoms with Crippen molar-refractivity contribution in [3.05, 3.63) is 6.07 Å². The number of thioether (sulfide) groups is 1. The molecule has 0 aliphatic carbocycles. The van der Waals surface area contributed by atoms with Crippen molar-refractivity contribution in [2.24, 2.45) is 5.92 Å². The second-order valence-electron chi connectivity index (χ2n) is 4.28. The number of aromatic nitrogens is 2. The van der Waals surface area contributed by atoms with Crippen molar-refractivity contribution >= 4 is 23.4 Å². The van der Waals surface area contributed by atoms with Crippen LogP contribution < -0.4 is 10.2 Å². The van der Waals surface area contributed by atoms with Gasteiger partial charge in [0.1, 0.15) is 11.6 Å². The van der Waals surface area contributed by atoms with Crippen molar-refractivity contribution in [2.45, 2.75) is 25.9 Å². The van der Waals surface area contributed by atoms with Crippen LogP contribution in [0.4, 0.5) is 11.6 Å². The summed E-state index contributed by atoms with van der Waals surface area (Å²) in [7, 11) is 1.88. The molecule has 1 N–H and O–H groups in total. The zero-order valence-corrected chi connectivity index (χ0v) is 12.1. The van der Waals surface area contributed by atoms with Crippen LogP contribution in [0.25, 0.3) is 0 Å². The average molecular weight is 254 g/mol. The van der Waals surface area contributed by atoms with Crippen LogP contribution in [0, 0.1) is 5.92 Å². The molecule has 0 unspecified atom stereocenters. The molecule has 0 atom stereocenters. The first-order valence-electron chi connectivity index (χ1n) is 5.96. The molecular formula is C12H22N4S. The Bertz CT molecular complexity index is 332. The summed E-state index contributed by atoms with van der Waals surface area (Å²) in [6, 6.07) is 2.01. The van der Waals surface area contributed by atoms with Gasteiger partial charge in [-0.15, -0.1) is 0 Å². The summed E-state index contributed by atoms with van der Waals surface area (Å²) >= 11 is 1.57. The number of nitrogens with zero attached hydrogens (tertiary/aromatic N) is 3. The van der Waals surface area contributed by atoms with Crippen LogP contribution in [-0.4, -0.2) is 36.4 Å². The van der Waals surface area contributed by atoms with E-state index in [9.17, 15) is 0 Å². The van der Waals surface area contributed by atoms with Crippen LogP contribution in [0.1, 0.15) is 20.8 Å². The molecule has 96 valence electrons. The van der Waals surface area contributed by atoms with Gasteiger partial charge in [-0.3, -0.25) is 0 Å².